The summed E-state index contributed by atoms with van der Waals surface area (Å²) in [6.07, 6.45) is 2.15. The Labute approximate surface area is 162 Å². The second-order valence-corrected chi connectivity index (χ2v) is 7.53. The Bertz CT molecular complexity index is 970. The number of ether oxygens (including phenoxy) is 1. The van der Waals surface area contributed by atoms with Crippen molar-refractivity contribution >= 4 is 23.5 Å². The van der Waals surface area contributed by atoms with Gasteiger partial charge in [-0.3, -0.25) is 14.5 Å². The van der Waals surface area contributed by atoms with E-state index in [9.17, 15) is 14.4 Å². The van der Waals surface area contributed by atoms with Gasteiger partial charge < -0.3 is 9.64 Å². The number of hydrogen-bond donors (Lipinski definition) is 0. The molecule has 1 atom stereocenters. The first kappa shape index (κ1) is 17.0. The van der Waals surface area contributed by atoms with Crippen LogP contribution >= 0.6 is 0 Å². The average molecular weight is 376 g/mol. The van der Waals surface area contributed by atoms with Gasteiger partial charge in [0.15, 0.2) is 0 Å². The average Bonchev–Trinajstić information content (AvgIpc) is 3.49. The first-order valence-electron chi connectivity index (χ1n) is 9.60. The van der Waals surface area contributed by atoms with Crippen LogP contribution in [0.3, 0.4) is 0 Å². The maximum Gasteiger partial charge on any atom is 0.354 e. The van der Waals surface area contributed by atoms with Gasteiger partial charge in [0.1, 0.15) is 6.61 Å². The summed E-state index contributed by atoms with van der Waals surface area (Å²) < 4.78 is 5.67. The lowest BCUT2D eigenvalue weighted by Crippen LogP contribution is -2.69. The zero-order valence-corrected chi connectivity index (χ0v) is 15.3. The number of anilines is 1. The van der Waals surface area contributed by atoms with Crippen LogP contribution < -0.4 is 4.90 Å². The predicted octanol–water partition coefficient (Wildman–Crippen LogP) is 2.87. The number of fused-ring (bicyclic) bond motifs is 3. The molecular weight excluding hydrogens is 356 g/mol. The maximum atomic E-state index is 13.4. The van der Waals surface area contributed by atoms with Crippen molar-refractivity contribution in [2.75, 3.05) is 4.90 Å². The van der Waals surface area contributed by atoms with E-state index >= 15 is 0 Å². The quantitative estimate of drug-likeness (QED) is 0.770. The van der Waals surface area contributed by atoms with Gasteiger partial charge in [-0.05, 0) is 30.5 Å². The number of esters is 1. The van der Waals surface area contributed by atoms with Crippen molar-refractivity contribution in [3.05, 3.63) is 65.7 Å². The fraction of sp³-hybridized carbons (Fsp3) is 0.318. The van der Waals surface area contributed by atoms with Crippen LogP contribution in [0.1, 0.15) is 41.6 Å². The van der Waals surface area contributed by atoms with Gasteiger partial charge in [0, 0.05) is 18.9 Å². The summed E-state index contributed by atoms with van der Waals surface area (Å²) in [5.41, 5.74) is 0.460. The Balaban J connectivity index is 1.57. The second kappa shape index (κ2) is 6.19. The fourth-order valence-electron chi connectivity index (χ4n) is 4.35. The minimum absolute atomic E-state index is 0.0291. The van der Waals surface area contributed by atoms with E-state index in [-0.39, 0.29) is 37.3 Å². The van der Waals surface area contributed by atoms with Crippen molar-refractivity contribution in [2.45, 2.75) is 44.0 Å². The van der Waals surface area contributed by atoms with E-state index in [1.807, 2.05) is 30.3 Å². The van der Waals surface area contributed by atoms with Crippen molar-refractivity contribution < 1.29 is 19.1 Å². The Morgan fingerprint density at radius 2 is 1.75 bits per heavy atom. The number of carbonyl (C=O) groups is 3. The molecule has 1 saturated heterocycles. The van der Waals surface area contributed by atoms with E-state index in [0.29, 0.717) is 11.3 Å². The standard InChI is InChI=1S/C22H20N2O4/c25-19-12-13-22(21(27)28-14-15-6-2-1-3-7-15)23(16-10-11-16)20(26)17-8-4-5-9-18(17)24(19)22/h1-9,16H,10-14H2/t22-/m1/s1. The molecule has 0 unspecified atom stereocenters. The molecule has 142 valence electrons. The van der Waals surface area contributed by atoms with Crippen molar-refractivity contribution in [1.82, 2.24) is 4.90 Å². The molecule has 3 aliphatic rings. The number of para-hydroxylation sites is 1. The first-order chi connectivity index (χ1) is 13.6. The zero-order chi connectivity index (χ0) is 19.3. The minimum atomic E-state index is -1.38. The molecule has 0 bridgehead atoms. The Hall–Kier alpha value is -3.15. The normalized spacial score (nSPS) is 23.4. The van der Waals surface area contributed by atoms with Crippen LogP contribution in [0.2, 0.25) is 0 Å². The number of nitrogens with zero attached hydrogens (tertiary/aromatic N) is 2. The number of hydrogen-bond acceptors (Lipinski definition) is 4. The van der Waals surface area contributed by atoms with Gasteiger partial charge >= 0.3 is 5.97 Å². The third-order valence-corrected chi connectivity index (χ3v) is 5.75. The highest BCUT2D eigenvalue weighted by Gasteiger charge is 2.64. The molecule has 1 aliphatic carbocycles. The predicted molar refractivity (Wildman–Crippen MR) is 101 cm³/mol. The van der Waals surface area contributed by atoms with Gasteiger partial charge in [-0.2, -0.15) is 0 Å². The van der Waals surface area contributed by atoms with Crippen LogP contribution in [-0.2, 0) is 20.9 Å². The number of amides is 2. The summed E-state index contributed by atoms with van der Waals surface area (Å²) in [7, 11) is 0. The van der Waals surface area contributed by atoms with Gasteiger partial charge in [0.2, 0.25) is 11.6 Å². The molecule has 6 nitrogen and oxygen atoms in total. The summed E-state index contributed by atoms with van der Waals surface area (Å²) in [6, 6.07) is 16.4. The topological polar surface area (TPSA) is 66.9 Å². The maximum absolute atomic E-state index is 13.4. The molecule has 0 spiro atoms. The highest BCUT2D eigenvalue weighted by molar-refractivity contribution is 6.15. The van der Waals surface area contributed by atoms with Gasteiger partial charge in [-0.25, -0.2) is 4.79 Å². The molecule has 2 fully saturated rings. The Kier molecular flexibility index (Phi) is 3.75. The molecule has 0 radical (unpaired) electrons. The van der Waals surface area contributed by atoms with Crippen LogP contribution in [0.4, 0.5) is 5.69 Å². The molecule has 2 aromatic rings. The Morgan fingerprint density at radius 3 is 2.50 bits per heavy atom. The summed E-state index contributed by atoms with van der Waals surface area (Å²) in [5, 5.41) is 0. The first-order valence-corrected chi connectivity index (χ1v) is 9.60. The van der Waals surface area contributed by atoms with Gasteiger partial charge in [0.25, 0.3) is 5.91 Å². The summed E-state index contributed by atoms with van der Waals surface area (Å²) in [6.45, 7) is 0.109. The van der Waals surface area contributed by atoms with Gasteiger partial charge in [-0.15, -0.1) is 0 Å². The highest BCUT2D eigenvalue weighted by Crippen LogP contribution is 2.49. The summed E-state index contributed by atoms with van der Waals surface area (Å²) in [5.74, 6) is -0.875. The highest BCUT2D eigenvalue weighted by atomic mass is 16.5. The van der Waals surface area contributed by atoms with E-state index in [1.54, 1.807) is 29.2 Å². The lowest BCUT2D eigenvalue weighted by atomic mass is 9.96. The van der Waals surface area contributed by atoms with E-state index in [2.05, 4.69) is 0 Å². The zero-order valence-electron chi connectivity index (χ0n) is 15.3. The third-order valence-electron chi connectivity index (χ3n) is 5.75. The van der Waals surface area contributed by atoms with Crippen molar-refractivity contribution in [2.24, 2.45) is 0 Å². The molecule has 2 aliphatic heterocycles. The van der Waals surface area contributed by atoms with Gasteiger partial charge in [0.05, 0.1) is 11.3 Å². The molecule has 5 rings (SSSR count). The number of carbonyl (C=O) groups excluding carboxylic acids is 3. The number of rotatable bonds is 4. The monoisotopic (exact) mass is 376 g/mol. The minimum Gasteiger partial charge on any atom is -0.458 e. The molecule has 0 aromatic heterocycles. The van der Waals surface area contributed by atoms with E-state index in [0.717, 1.165) is 18.4 Å². The summed E-state index contributed by atoms with van der Waals surface area (Å²) >= 11 is 0. The van der Waals surface area contributed by atoms with Crippen LogP contribution in [0, 0.1) is 0 Å². The largest absolute Gasteiger partial charge is 0.458 e. The van der Waals surface area contributed by atoms with Crippen LogP contribution in [0.15, 0.2) is 54.6 Å². The lowest BCUT2D eigenvalue weighted by Gasteiger charge is -2.48. The van der Waals surface area contributed by atoms with Crippen LogP contribution in [0.5, 0.6) is 0 Å². The van der Waals surface area contributed by atoms with E-state index in [4.69, 9.17) is 4.74 Å². The molecule has 2 amide bonds. The van der Waals surface area contributed by atoms with Crippen LogP contribution in [-0.4, -0.2) is 34.4 Å². The molecular formula is C22H20N2O4. The second-order valence-electron chi connectivity index (χ2n) is 7.53. The van der Waals surface area contributed by atoms with Gasteiger partial charge in [-0.1, -0.05) is 42.5 Å². The summed E-state index contributed by atoms with van der Waals surface area (Å²) in [4.78, 5) is 42.7. The molecule has 0 N–H and O–H groups in total. The Morgan fingerprint density at radius 1 is 1.04 bits per heavy atom. The van der Waals surface area contributed by atoms with Crippen LogP contribution in [0.25, 0.3) is 0 Å². The number of benzene rings is 2. The van der Waals surface area contributed by atoms with Crippen molar-refractivity contribution in [3.63, 3.8) is 0 Å². The smallest absolute Gasteiger partial charge is 0.354 e. The fourth-order valence-corrected chi connectivity index (χ4v) is 4.35. The van der Waals surface area contributed by atoms with E-state index < -0.39 is 11.6 Å². The molecule has 2 heterocycles. The SMILES string of the molecule is O=C1CC[C@]2(C(=O)OCc3ccccc3)N1c1ccccc1C(=O)N2C1CC1. The molecule has 6 heteroatoms. The van der Waals surface area contributed by atoms with Crippen molar-refractivity contribution in [3.8, 4) is 0 Å². The third kappa shape index (κ3) is 2.37. The molecule has 28 heavy (non-hydrogen) atoms. The lowest BCUT2D eigenvalue weighted by molar-refractivity contribution is -0.159. The van der Waals surface area contributed by atoms with E-state index in [1.165, 1.54) is 4.90 Å². The molecule has 1 saturated carbocycles. The molecule has 2 aromatic carbocycles. The van der Waals surface area contributed by atoms with Crippen molar-refractivity contribution in [1.29, 1.82) is 0 Å².